The molecule has 0 heterocycles. The number of esters is 3. The molecule has 0 saturated heterocycles. The third-order valence-electron chi connectivity index (χ3n) is 10.5. The van der Waals surface area contributed by atoms with Gasteiger partial charge >= 0.3 is 17.9 Å². The predicted molar refractivity (Wildman–Crippen MR) is 162 cm³/mol. The molecule has 0 aromatic heterocycles. The summed E-state index contributed by atoms with van der Waals surface area (Å²) in [6.07, 6.45) is 6.96. The van der Waals surface area contributed by atoms with Crippen LogP contribution in [0.4, 0.5) is 0 Å². The van der Waals surface area contributed by atoms with Crippen molar-refractivity contribution in [2.24, 2.45) is 39.9 Å². The minimum Gasteiger partial charge on any atom is -0.464 e. The van der Waals surface area contributed by atoms with Crippen molar-refractivity contribution in [2.75, 3.05) is 27.2 Å². The summed E-state index contributed by atoms with van der Waals surface area (Å²) in [6, 6.07) is 9.55. The van der Waals surface area contributed by atoms with Crippen LogP contribution in [0, 0.1) is 39.9 Å². The number of carbonyl (C=O) groups excluding carboxylic acids is 3. The van der Waals surface area contributed by atoms with Crippen LogP contribution in [-0.2, 0) is 35.2 Å². The van der Waals surface area contributed by atoms with E-state index in [4.69, 9.17) is 14.2 Å². The molecule has 0 radical (unpaired) electrons. The van der Waals surface area contributed by atoms with Gasteiger partial charge in [0.05, 0.1) is 16.2 Å². The van der Waals surface area contributed by atoms with Crippen molar-refractivity contribution in [3.8, 4) is 0 Å². The minimum absolute atomic E-state index is 0.0212. The van der Waals surface area contributed by atoms with Gasteiger partial charge in [-0.25, -0.2) is 0 Å². The molecule has 7 nitrogen and oxygen atoms in total. The second kappa shape index (κ2) is 13.1. The molecule has 234 valence electrons. The molecule has 3 saturated carbocycles. The normalized spacial score (nSPS) is 27.7. The van der Waals surface area contributed by atoms with E-state index in [1.807, 2.05) is 83.9 Å². The standard InChI is InChI=1S/C35H53NO6/c1-8-34(4,32(39)42-29-20-25-19-28(29)27-16-12-15-26(25)27)23-35(5,31(38)41-21-24-13-10-9-11-14-24)22-33(2,3)30(37)40-18-17-36(6)7/h9-11,13-14,25-29H,8,12,15-23H2,1-7H3. The van der Waals surface area contributed by atoms with E-state index in [0.717, 1.165) is 17.9 Å². The smallest absolute Gasteiger partial charge is 0.312 e. The zero-order valence-electron chi connectivity index (χ0n) is 26.9. The highest BCUT2D eigenvalue weighted by Crippen LogP contribution is 2.59. The quantitative estimate of drug-likeness (QED) is 0.184. The van der Waals surface area contributed by atoms with Gasteiger partial charge in [-0.05, 0) is 116 Å². The summed E-state index contributed by atoms with van der Waals surface area (Å²) >= 11 is 0. The van der Waals surface area contributed by atoms with Crippen LogP contribution in [0.2, 0.25) is 0 Å². The molecule has 7 heteroatoms. The predicted octanol–water partition coefficient (Wildman–Crippen LogP) is 6.43. The van der Waals surface area contributed by atoms with Gasteiger partial charge in [-0.15, -0.1) is 0 Å². The number of ether oxygens (including phenoxy) is 3. The molecule has 7 unspecified atom stereocenters. The molecule has 4 rings (SSSR count). The maximum atomic E-state index is 13.9. The van der Waals surface area contributed by atoms with Crippen molar-refractivity contribution in [3.05, 3.63) is 35.9 Å². The Hall–Kier alpha value is -2.41. The van der Waals surface area contributed by atoms with E-state index in [1.165, 1.54) is 25.7 Å². The molecule has 3 aliphatic carbocycles. The van der Waals surface area contributed by atoms with Crippen LogP contribution < -0.4 is 0 Å². The fourth-order valence-electron chi connectivity index (χ4n) is 8.29. The molecule has 1 aromatic rings. The van der Waals surface area contributed by atoms with Crippen molar-refractivity contribution in [3.63, 3.8) is 0 Å². The van der Waals surface area contributed by atoms with E-state index in [0.29, 0.717) is 30.7 Å². The zero-order valence-corrected chi connectivity index (χ0v) is 26.9. The van der Waals surface area contributed by atoms with Gasteiger partial charge in [0.15, 0.2) is 0 Å². The van der Waals surface area contributed by atoms with Gasteiger partial charge in [-0.2, -0.15) is 0 Å². The van der Waals surface area contributed by atoms with Crippen LogP contribution in [-0.4, -0.2) is 56.2 Å². The third kappa shape index (κ3) is 7.20. The number of nitrogens with zero attached hydrogens (tertiary/aromatic N) is 1. The molecular weight excluding hydrogens is 530 g/mol. The summed E-state index contributed by atoms with van der Waals surface area (Å²) < 4.78 is 17.8. The van der Waals surface area contributed by atoms with Crippen molar-refractivity contribution in [1.29, 1.82) is 0 Å². The topological polar surface area (TPSA) is 82.1 Å². The minimum atomic E-state index is -1.12. The van der Waals surface area contributed by atoms with E-state index < -0.39 is 22.2 Å². The van der Waals surface area contributed by atoms with E-state index in [-0.39, 0.29) is 44.1 Å². The lowest BCUT2D eigenvalue weighted by atomic mass is 9.65. The first-order valence-electron chi connectivity index (χ1n) is 16.0. The molecule has 3 fully saturated rings. The summed E-state index contributed by atoms with van der Waals surface area (Å²) in [5, 5.41) is 0. The molecule has 3 aliphatic rings. The van der Waals surface area contributed by atoms with Gasteiger partial charge in [0.1, 0.15) is 19.3 Å². The molecule has 7 atom stereocenters. The van der Waals surface area contributed by atoms with E-state index in [1.54, 1.807) is 0 Å². The van der Waals surface area contributed by atoms with Gasteiger partial charge in [0, 0.05) is 6.54 Å². The second-order valence-electron chi connectivity index (χ2n) is 14.8. The first-order valence-corrected chi connectivity index (χ1v) is 16.0. The molecule has 0 spiro atoms. The van der Waals surface area contributed by atoms with Crippen molar-refractivity contribution < 1.29 is 28.6 Å². The van der Waals surface area contributed by atoms with Gasteiger partial charge < -0.3 is 19.1 Å². The fourth-order valence-corrected chi connectivity index (χ4v) is 8.29. The average Bonchev–Trinajstić information content (AvgIpc) is 3.66. The Bertz CT molecular complexity index is 1100. The molecule has 42 heavy (non-hydrogen) atoms. The third-order valence-corrected chi connectivity index (χ3v) is 10.5. The Labute approximate surface area is 253 Å². The maximum Gasteiger partial charge on any atom is 0.312 e. The lowest BCUT2D eigenvalue weighted by molar-refractivity contribution is -0.173. The maximum absolute atomic E-state index is 13.9. The Kier molecular flexibility index (Phi) is 10.1. The number of likely N-dealkylation sites (N-methyl/N-ethyl adjacent to an activating group) is 1. The second-order valence-corrected chi connectivity index (χ2v) is 14.8. The number of carbonyl (C=O) groups is 3. The first-order chi connectivity index (χ1) is 19.8. The number of hydrogen-bond acceptors (Lipinski definition) is 7. The number of fused-ring (bicyclic) bond motifs is 5. The van der Waals surface area contributed by atoms with Crippen LogP contribution >= 0.6 is 0 Å². The highest BCUT2D eigenvalue weighted by molar-refractivity contribution is 5.82. The lowest BCUT2D eigenvalue weighted by Crippen LogP contribution is -2.45. The zero-order chi connectivity index (χ0) is 30.7. The van der Waals surface area contributed by atoms with Crippen LogP contribution in [0.1, 0.15) is 91.5 Å². The van der Waals surface area contributed by atoms with Gasteiger partial charge in [-0.1, -0.05) is 43.7 Å². The first kappa shape index (κ1) is 32.5. The Morgan fingerprint density at radius 2 is 1.52 bits per heavy atom. The molecular formula is C35H53NO6. The lowest BCUT2D eigenvalue weighted by Gasteiger charge is -2.40. The van der Waals surface area contributed by atoms with E-state index in [9.17, 15) is 14.4 Å². The van der Waals surface area contributed by atoms with Crippen molar-refractivity contribution in [2.45, 2.75) is 98.7 Å². The number of hydrogen-bond donors (Lipinski definition) is 0. The van der Waals surface area contributed by atoms with Crippen molar-refractivity contribution >= 4 is 17.9 Å². The summed E-state index contributed by atoms with van der Waals surface area (Å²) in [5.41, 5.74) is -2.10. The number of rotatable bonds is 14. The fraction of sp³-hybridized carbons (Fsp3) is 0.743. The monoisotopic (exact) mass is 583 g/mol. The van der Waals surface area contributed by atoms with Crippen LogP contribution in [0.5, 0.6) is 0 Å². The van der Waals surface area contributed by atoms with Crippen LogP contribution in [0.25, 0.3) is 0 Å². The molecule has 0 amide bonds. The summed E-state index contributed by atoms with van der Waals surface area (Å²) in [4.78, 5) is 43.0. The Morgan fingerprint density at radius 3 is 2.19 bits per heavy atom. The summed E-state index contributed by atoms with van der Waals surface area (Å²) in [7, 11) is 3.85. The van der Waals surface area contributed by atoms with Gasteiger partial charge in [0.25, 0.3) is 0 Å². The highest BCUT2D eigenvalue weighted by atomic mass is 16.5. The van der Waals surface area contributed by atoms with E-state index >= 15 is 0 Å². The largest absolute Gasteiger partial charge is 0.464 e. The summed E-state index contributed by atoms with van der Waals surface area (Å²) in [5.74, 6) is 1.68. The average molecular weight is 584 g/mol. The van der Waals surface area contributed by atoms with Crippen molar-refractivity contribution in [1.82, 2.24) is 4.90 Å². The molecule has 1 aromatic carbocycles. The van der Waals surface area contributed by atoms with E-state index in [2.05, 4.69) is 0 Å². The van der Waals surface area contributed by atoms with Crippen LogP contribution in [0.15, 0.2) is 30.3 Å². The molecule has 0 aliphatic heterocycles. The van der Waals surface area contributed by atoms with Gasteiger partial charge in [0.2, 0.25) is 0 Å². The van der Waals surface area contributed by atoms with Gasteiger partial charge in [-0.3, -0.25) is 14.4 Å². The molecule has 0 N–H and O–H groups in total. The highest BCUT2D eigenvalue weighted by Gasteiger charge is 2.56. The Balaban J connectivity index is 1.50. The Morgan fingerprint density at radius 1 is 0.833 bits per heavy atom. The number of benzene rings is 1. The van der Waals surface area contributed by atoms with Crippen LogP contribution in [0.3, 0.4) is 0 Å². The molecule has 2 bridgehead atoms. The summed E-state index contributed by atoms with van der Waals surface area (Å²) in [6.45, 7) is 10.3. The SMILES string of the molecule is CCC(C)(CC(C)(CC(C)(C)C(=O)OCCN(C)C)C(=O)OCc1ccccc1)C(=O)OC1CC2CC1C1CCCC21.